The van der Waals surface area contributed by atoms with E-state index in [9.17, 15) is 0 Å². The van der Waals surface area contributed by atoms with Gasteiger partial charge in [0, 0.05) is 6.04 Å². The Kier molecular flexibility index (Phi) is 1.69. The highest BCUT2D eigenvalue weighted by Gasteiger charge is 2.49. The van der Waals surface area contributed by atoms with Crippen LogP contribution in [0.5, 0.6) is 0 Å². The molecule has 0 aliphatic carbocycles. The topological polar surface area (TPSA) is 21.9 Å². The number of hydrogen-bond donors (Lipinski definition) is 1. The summed E-state index contributed by atoms with van der Waals surface area (Å²) >= 11 is 0. The van der Waals surface area contributed by atoms with Gasteiger partial charge in [-0.2, -0.15) is 0 Å². The van der Waals surface area contributed by atoms with Crippen LogP contribution in [0.15, 0.2) is 30.3 Å². The van der Waals surface area contributed by atoms with Crippen molar-refractivity contribution in [3.8, 4) is 0 Å². The molecule has 1 nitrogen and oxygen atoms in total. The van der Waals surface area contributed by atoms with Crippen LogP contribution in [-0.2, 0) is 5.54 Å². The molecular weight excluding hydrogens is 146 g/mol. The molecule has 1 heteroatoms. The van der Waals surface area contributed by atoms with Gasteiger partial charge in [-0.1, -0.05) is 37.3 Å². The van der Waals surface area contributed by atoms with E-state index in [4.69, 9.17) is 0 Å². The molecule has 1 aromatic carbocycles. The number of rotatable bonds is 2. The highest BCUT2D eigenvalue weighted by molar-refractivity contribution is 5.33. The van der Waals surface area contributed by atoms with Crippen LogP contribution >= 0.6 is 0 Å². The van der Waals surface area contributed by atoms with Gasteiger partial charge in [-0.3, -0.25) is 0 Å². The molecule has 1 aliphatic rings. The normalized spacial score (nSPS) is 33.3. The lowest BCUT2D eigenvalue weighted by Gasteiger charge is -2.11. The van der Waals surface area contributed by atoms with Crippen LogP contribution < -0.4 is 5.32 Å². The number of benzene rings is 1. The first kappa shape index (κ1) is 7.81. The Balaban J connectivity index is 2.31. The molecule has 12 heavy (non-hydrogen) atoms. The molecule has 0 radical (unpaired) electrons. The van der Waals surface area contributed by atoms with Crippen molar-refractivity contribution < 1.29 is 0 Å². The van der Waals surface area contributed by atoms with Crippen molar-refractivity contribution in [2.75, 3.05) is 0 Å². The van der Waals surface area contributed by atoms with E-state index in [1.807, 2.05) is 0 Å². The van der Waals surface area contributed by atoms with Crippen LogP contribution in [0, 0.1) is 0 Å². The van der Waals surface area contributed by atoms with Crippen LogP contribution in [-0.4, -0.2) is 6.04 Å². The molecule has 1 heterocycles. The standard InChI is InChI=1S/C11H15N/c1-3-11(9(2)12-11)10-7-5-4-6-8-10/h4-9,12H,3H2,1-2H3/t9-,11-/m1/s1. The molecule has 0 bridgehead atoms. The van der Waals surface area contributed by atoms with Crippen LogP contribution in [0.3, 0.4) is 0 Å². The van der Waals surface area contributed by atoms with Crippen molar-refractivity contribution in [1.29, 1.82) is 0 Å². The van der Waals surface area contributed by atoms with Crippen LogP contribution in [0.4, 0.5) is 0 Å². The Bertz CT molecular complexity index is 264. The summed E-state index contributed by atoms with van der Waals surface area (Å²) in [4.78, 5) is 0. The molecule has 1 saturated heterocycles. The lowest BCUT2D eigenvalue weighted by atomic mass is 9.93. The van der Waals surface area contributed by atoms with Gasteiger partial charge in [0.1, 0.15) is 0 Å². The van der Waals surface area contributed by atoms with E-state index in [-0.39, 0.29) is 0 Å². The van der Waals surface area contributed by atoms with Crippen LogP contribution in [0.2, 0.25) is 0 Å². The summed E-state index contributed by atoms with van der Waals surface area (Å²) in [5.74, 6) is 0. The highest BCUT2D eigenvalue weighted by Crippen LogP contribution is 2.40. The van der Waals surface area contributed by atoms with Gasteiger partial charge >= 0.3 is 0 Å². The fourth-order valence-corrected chi connectivity index (χ4v) is 2.03. The van der Waals surface area contributed by atoms with Crippen LogP contribution in [0.25, 0.3) is 0 Å². The van der Waals surface area contributed by atoms with Crippen molar-refractivity contribution in [3.05, 3.63) is 35.9 Å². The molecule has 0 aromatic heterocycles. The molecule has 1 N–H and O–H groups in total. The zero-order chi connectivity index (χ0) is 8.60. The fourth-order valence-electron chi connectivity index (χ4n) is 2.03. The fraction of sp³-hybridized carbons (Fsp3) is 0.455. The third kappa shape index (κ3) is 0.969. The van der Waals surface area contributed by atoms with Crippen LogP contribution in [0.1, 0.15) is 25.8 Å². The van der Waals surface area contributed by atoms with Gasteiger partial charge in [0.05, 0.1) is 5.54 Å². The average Bonchev–Trinajstić information content (AvgIpc) is 2.80. The molecule has 1 aliphatic heterocycles. The zero-order valence-electron chi connectivity index (χ0n) is 7.67. The first-order valence-corrected chi connectivity index (χ1v) is 4.63. The van der Waals surface area contributed by atoms with E-state index in [0.717, 1.165) is 0 Å². The minimum atomic E-state index is 0.293. The summed E-state index contributed by atoms with van der Waals surface area (Å²) in [6.45, 7) is 4.49. The molecule has 0 unspecified atom stereocenters. The molecule has 1 fully saturated rings. The molecule has 2 rings (SSSR count). The summed E-state index contributed by atoms with van der Waals surface area (Å²) in [6, 6.07) is 11.4. The minimum Gasteiger partial charge on any atom is -0.301 e. The summed E-state index contributed by atoms with van der Waals surface area (Å²) in [7, 11) is 0. The lowest BCUT2D eigenvalue weighted by molar-refractivity contribution is 0.625. The van der Waals surface area contributed by atoms with Gasteiger partial charge in [0.2, 0.25) is 0 Å². The molecule has 1 aromatic rings. The third-order valence-electron chi connectivity index (χ3n) is 2.98. The van der Waals surface area contributed by atoms with Crippen molar-refractivity contribution >= 4 is 0 Å². The maximum atomic E-state index is 3.51. The zero-order valence-corrected chi connectivity index (χ0v) is 7.67. The monoisotopic (exact) mass is 161 g/mol. The Morgan fingerprint density at radius 3 is 2.33 bits per heavy atom. The Morgan fingerprint density at radius 2 is 1.92 bits per heavy atom. The second-order valence-corrected chi connectivity index (χ2v) is 3.56. The quantitative estimate of drug-likeness (QED) is 0.660. The van der Waals surface area contributed by atoms with Gasteiger partial charge in [-0.05, 0) is 18.9 Å². The highest BCUT2D eigenvalue weighted by atomic mass is 15.2. The Hall–Kier alpha value is -0.820. The molecule has 2 atom stereocenters. The molecular formula is C11H15N. The van der Waals surface area contributed by atoms with E-state index >= 15 is 0 Å². The van der Waals surface area contributed by atoms with Gasteiger partial charge < -0.3 is 5.32 Å². The first-order chi connectivity index (χ1) is 5.79. The van der Waals surface area contributed by atoms with Crippen molar-refractivity contribution in [2.45, 2.75) is 31.8 Å². The predicted molar refractivity (Wildman–Crippen MR) is 51.0 cm³/mol. The maximum Gasteiger partial charge on any atom is 0.0587 e. The average molecular weight is 161 g/mol. The first-order valence-electron chi connectivity index (χ1n) is 4.63. The van der Waals surface area contributed by atoms with Crippen molar-refractivity contribution in [2.24, 2.45) is 0 Å². The van der Waals surface area contributed by atoms with E-state index in [2.05, 4.69) is 49.5 Å². The second kappa shape index (κ2) is 2.60. The van der Waals surface area contributed by atoms with Gasteiger partial charge in [-0.15, -0.1) is 0 Å². The predicted octanol–water partition coefficient (Wildman–Crippen LogP) is 2.28. The summed E-state index contributed by atoms with van der Waals surface area (Å²) < 4.78 is 0. The number of hydrogen-bond acceptors (Lipinski definition) is 1. The Morgan fingerprint density at radius 1 is 1.33 bits per heavy atom. The summed E-state index contributed by atoms with van der Waals surface area (Å²) in [6.07, 6.45) is 1.18. The third-order valence-corrected chi connectivity index (χ3v) is 2.98. The van der Waals surface area contributed by atoms with Gasteiger partial charge in [0.15, 0.2) is 0 Å². The molecule has 64 valence electrons. The van der Waals surface area contributed by atoms with Crippen molar-refractivity contribution in [1.82, 2.24) is 5.32 Å². The summed E-state index contributed by atoms with van der Waals surface area (Å²) in [5, 5.41) is 3.51. The smallest absolute Gasteiger partial charge is 0.0587 e. The van der Waals surface area contributed by atoms with E-state index in [0.29, 0.717) is 11.6 Å². The summed E-state index contributed by atoms with van der Waals surface area (Å²) in [5.41, 5.74) is 1.72. The van der Waals surface area contributed by atoms with Gasteiger partial charge in [0.25, 0.3) is 0 Å². The SMILES string of the molecule is CC[C@@]1(c2ccccc2)N[C@@H]1C. The Labute approximate surface area is 73.8 Å². The van der Waals surface area contributed by atoms with Crippen molar-refractivity contribution in [3.63, 3.8) is 0 Å². The largest absolute Gasteiger partial charge is 0.301 e. The van der Waals surface area contributed by atoms with E-state index in [1.54, 1.807) is 0 Å². The number of nitrogens with one attached hydrogen (secondary N) is 1. The molecule has 0 spiro atoms. The van der Waals surface area contributed by atoms with E-state index in [1.165, 1.54) is 12.0 Å². The molecule has 0 amide bonds. The lowest BCUT2D eigenvalue weighted by Crippen LogP contribution is -2.12. The molecule has 0 saturated carbocycles. The van der Waals surface area contributed by atoms with E-state index < -0.39 is 0 Å². The minimum absolute atomic E-state index is 0.293. The maximum absolute atomic E-state index is 3.51. The van der Waals surface area contributed by atoms with Gasteiger partial charge in [-0.25, -0.2) is 0 Å². The second-order valence-electron chi connectivity index (χ2n) is 3.56.